The Labute approximate surface area is 199 Å². The van der Waals surface area contributed by atoms with E-state index < -0.39 is 11.5 Å². The maximum absolute atomic E-state index is 13.1. The molecule has 3 saturated carbocycles. The third-order valence-corrected chi connectivity index (χ3v) is 6.93. The van der Waals surface area contributed by atoms with Crippen LogP contribution in [0.25, 0.3) is 0 Å². The van der Waals surface area contributed by atoms with Gasteiger partial charge in [-0.15, -0.1) is 0 Å². The van der Waals surface area contributed by atoms with Crippen molar-refractivity contribution in [1.29, 1.82) is 0 Å². The van der Waals surface area contributed by atoms with Gasteiger partial charge in [0.25, 0.3) is 0 Å². The van der Waals surface area contributed by atoms with Crippen LogP contribution in [-0.4, -0.2) is 40.2 Å². The molecule has 0 atom stereocenters. The van der Waals surface area contributed by atoms with Crippen LogP contribution in [0, 0.1) is 0 Å². The van der Waals surface area contributed by atoms with E-state index in [4.69, 9.17) is 15.5 Å². The van der Waals surface area contributed by atoms with E-state index >= 15 is 0 Å². The number of benzene rings is 1. The van der Waals surface area contributed by atoms with Crippen LogP contribution in [0.4, 0.5) is 11.4 Å². The van der Waals surface area contributed by atoms with Crippen molar-refractivity contribution < 1.29 is 24.6 Å². The number of aliphatic hydroxyl groups is 1. The predicted molar refractivity (Wildman–Crippen MR) is 129 cm³/mol. The molecule has 1 aromatic heterocycles. The zero-order valence-corrected chi connectivity index (χ0v) is 19.5. The fraction of sp³-hybridized carbons (Fsp3) is 0.500. The van der Waals surface area contributed by atoms with Crippen molar-refractivity contribution in [3.8, 4) is 5.75 Å². The van der Waals surface area contributed by atoms with Crippen molar-refractivity contribution in [3.05, 3.63) is 47.3 Å². The van der Waals surface area contributed by atoms with Gasteiger partial charge in [-0.2, -0.15) is 0 Å². The van der Waals surface area contributed by atoms with Crippen molar-refractivity contribution in [3.63, 3.8) is 0 Å². The zero-order valence-electron chi connectivity index (χ0n) is 19.5. The molecule has 3 aliphatic rings. The van der Waals surface area contributed by atoms with E-state index in [1.807, 2.05) is 13.0 Å². The first kappa shape index (κ1) is 22.7. The van der Waals surface area contributed by atoms with Crippen molar-refractivity contribution in [2.75, 3.05) is 11.1 Å². The lowest BCUT2D eigenvalue weighted by Crippen LogP contribution is -2.43. The fourth-order valence-electron chi connectivity index (χ4n) is 4.41. The Morgan fingerprint density at radius 3 is 2.62 bits per heavy atom. The van der Waals surface area contributed by atoms with Gasteiger partial charge in [0.1, 0.15) is 5.75 Å². The second kappa shape index (κ2) is 8.91. The smallest absolute Gasteiger partial charge is 0.325 e. The number of carbonyl (C=O) groups is 1. The molecule has 34 heavy (non-hydrogen) atoms. The van der Waals surface area contributed by atoms with Crippen LogP contribution < -0.4 is 20.5 Å². The monoisotopic (exact) mass is 465 g/mol. The number of aliphatic imine (C=N–C) groups is 1. The molecule has 0 unspecified atom stereocenters. The van der Waals surface area contributed by atoms with Gasteiger partial charge in [0.2, 0.25) is 5.69 Å². The summed E-state index contributed by atoms with van der Waals surface area (Å²) in [6, 6.07) is 8.88. The van der Waals surface area contributed by atoms with Gasteiger partial charge in [-0.3, -0.25) is 15.0 Å². The second-order valence-corrected chi connectivity index (χ2v) is 10.2. The number of anilines is 2. The molecule has 1 heterocycles. The van der Waals surface area contributed by atoms with Crippen LogP contribution in [0.3, 0.4) is 0 Å². The molecule has 5 rings (SSSR count). The molecule has 0 aliphatic heterocycles. The Hall–Kier alpha value is -3.13. The van der Waals surface area contributed by atoms with Gasteiger partial charge in [-0.05, 0) is 70.4 Å². The summed E-state index contributed by atoms with van der Waals surface area (Å²) in [5, 5.41) is 23.7. The molecule has 1 amide bonds. The van der Waals surface area contributed by atoms with Gasteiger partial charge in [0.05, 0.1) is 23.4 Å². The maximum atomic E-state index is 13.1. The number of hydrogen-bond acceptors (Lipinski definition) is 6. The number of ether oxygens (including phenoxy) is 1. The number of nitrogen functional groups attached to an aromatic ring is 1. The predicted octanol–water partition coefficient (Wildman–Crippen LogP) is 3.58. The number of aromatic nitrogens is 1. The van der Waals surface area contributed by atoms with Gasteiger partial charge >= 0.3 is 11.6 Å². The molecule has 2 aromatic rings. The highest BCUT2D eigenvalue weighted by atomic mass is 16.5. The third-order valence-electron chi connectivity index (χ3n) is 6.93. The summed E-state index contributed by atoms with van der Waals surface area (Å²) < 4.78 is 7.00. The minimum atomic E-state index is -0.606. The highest BCUT2D eigenvalue weighted by Gasteiger charge is 2.36. The number of rotatable bonds is 7. The topological polar surface area (TPSA) is 121 Å². The zero-order chi connectivity index (χ0) is 23.9. The second-order valence-electron chi connectivity index (χ2n) is 10.2. The number of pyridine rings is 1. The van der Waals surface area contributed by atoms with Crippen molar-refractivity contribution in [2.24, 2.45) is 4.99 Å². The van der Waals surface area contributed by atoms with Crippen molar-refractivity contribution >= 4 is 23.5 Å². The Bertz CT molecular complexity index is 1110. The highest BCUT2D eigenvalue weighted by molar-refractivity contribution is 6.04. The van der Waals surface area contributed by atoms with Crippen LogP contribution in [0.1, 0.15) is 86.0 Å². The molecule has 5 N–H and O–H groups in total. The Morgan fingerprint density at radius 1 is 1.21 bits per heavy atom. The Morgan fingerprint density at radius 2 is 1.94 bits per heavy atom. The summed E-state index contributed by atoms with van der Waals surface area (Å²) in [6.45, 7) is 1.87. The summed E-state index contributed by atoms with van der Waals surface area (Å²) in [6.07, 6.45) is 8.95. The molecule has 3 fully saturated rings. The van der Waals surface area contributed by atoms with Crippen LogP contribution in [0.5, 0.6) is 5.75 Å². The van der Waals surface area contributed by atoms with Gasteiger partial charge < -0.3 is 20.9 Å². The summed E-state index contributed by atoms with van der Waals surface area (Å²) in [4.78, 5) is 17.8. The number of carbonyl (C=O) groups excluding carboxylic acids is 1. The van der Waals surface area contributed by atoms with E-state index in [9.17, 15) is 15.1 Å². The van der Waals surface area contributed by atoms with Crippen LogP contribution >= 0.6 is 0 Å². The number of nitrogens with zero attached hydrogens (tertiary/aromatic N) is 2. The molecule has 3 aliphatic carbocycles. The number of nitrogens with one attached hydrogen (secondary N) is 1. The average Bonchev–Trinajstić information content (AvgIpc) is 3.71. The minimum absolute atomic E-state index is 0.130. The fourth-order valence-corrected chi connectivity index (χ4v) is 4.41. The molecule has 0 radical (unpaired) electrons. The first-order chi connectivity index (χ1) is 16.3. The average molecular weight is 466 g/mol. The summed E-state index contributed by atoms with van der Waals surface area (Å²) >= 11 is 0. The minimum Gasteiger partial charge on any atom is -0.488 e. The summed E-state index contributed by atoms with van der Waals surface area (Å²) in [7, 11) is 0. The third kappa shape index (κ3) is 5.17. The molecule has 8 heteroatoms. The summed E-state index contributed by atoms with van der Waals surface area (Å²) in [5.74, 6) is 0.393. The Kier molecular flexibility index (Phi) is 5.93. The maximum Gasteiger partial charge on any atom is 0.325 e. The molecule has 0 spiro atoms. The largest absolute Gasteiger partial charge is 0.488 e. The summed E-state index contributed by atoms with van der Waals surface area (Å²) in [5.41, 5.74) is 8.33. The molecule has 0 saturated heterocycles. The number of hydrogen-bond donors (Lipinski definition) is 4. The van der Waals surface area contributed by atoms with E-state index in [1.54, 1.807) is 30.5 Å². The molecular weight excluding hydrogens is 432 g/mol. The normalized spacial score (nSPS) is 24.8. The lowest BCUT2D eigenvalue weighted by molar-refractivity contribution is -0.910. The van der Waals surface area contributed by atoms with Gasteiger partial charge in [0.15, 0.2) is 0 Å². The van der Waals surface area contributed by atoms with E-state index in [1.165, 1.54) is 0 Å². The molecule has 0 bridgehead atoms. The van der Waals surface area contributed by atoms with E-state index in [0.29, 0.717) is 28.6 Å². The van der Waals surface area contributed by atoms with E-state index in [0.717, 1.165) is 61.8 Å². The van der Waals surface area contributed by atoms with Crippen LogP contribution in [0.15, 0.2) is 35.3 Å². The first-order valence-electron chi connectivity index (χ1n) is 12.2. The van der Waals surface area contributed by atoms with Crippen molar-refractivity contribution in [1.82, 2.24) is 0 Å². The lowest BCUT2D eigenvalue weighted by Gasteiger charge is -2.31. The molecule has 180 valence electrons. The first-order valence-corrected chi connectivity index (χ1v) is 12.2. The van der Waals surface area contributed by atoms with E-state index in [2.05, 4.69) is 5.32 Å². The highest BCUT2D eigenvalue weighted by Crippen LogP contribution is 2.38. The van der Waals surface area contributed by atoms with Gasteiger partial charge in [-0.25, -0.2) is 0 Å². The molecule has 1 aromatic carbocycles. The van der Waals surface area contributed by atoms with Gasteiger partial charge in [-0.1, -0.05) is 0 Å². The van der Waals surface area contributed by atoms with Crippen molar-refractivity contribution in [2.45, 2.75) is 82.0 Å². The SMILES string of the molecule is CC1(O)CCC(N=Cc2cc(NC(=O)c3cccc(C4CC4)[n+]3O)c(OC3CC3)cc2N)CC1. The van der Waals surface area contributed by atoms with Crippen LogP contribution in [0.2, 0.25) is 0 Å². The number of amides is 1. The quantitative estimate of drug-likeness (QED) is 0.216. The standard InChI is InChI=1S/C26H32N4O4/c1-26(32)11-9-18(10-12-26)28-15-17-13-21(24(14-20(17)27)34-19-7-8-19)29-25(31)23-4-2-3-22(30(23)33)16-5-6-16/h2-4,13-16,18-19,27,31-33H,5-12H2,1H3/p+1. The van der Waals surface area contributed by atoms with Gasteiger partial charge in [0, 0.05) is 46.3 Å². The molecule has 8 nitrogen and oxygen atoms in total. The number of nitrogens with two attached hydrogens (primary N) is 1. The molecular formula is C26H33N4O4+. The lowest BCUT2D eigenvalue weighted by atomic mass is 9.84. The van der Waals surface area contributed by atoms with E-state index in [-0.39, 0.29) is 17.8 Å². The Balaban J connectivity index is 1.38. The van der Waals surface area contributed by atoms with Crippen LogP contribution in [-0.2, 0) is 0 Å².